The third-order valence-corrected chi connectivity index (χ3v) is 5.06. The van der Waals surface area contributed by atoms with E-state index in [1.807, 2.05) is 48.2 Å². The van der Waals surface area contributed by atoms with Gasteiger partial charge < -0.3 is 9.80 Å². The molecule has 0 bridgehead atoms. The molecule has 4 rings (SSSR count). The second kappa shape index (κ2) is 7.45. The average Bonchev–Trinajstić information content (AvgIpc) is 3.10. The van der Waals surface area contributed by atoms with E-state index in [9.17, 15) is 4.79 Å². The first-order valence-electron chi connectivity index (χ1n) is 9.04. The fourth-order valence-corrected chi connectivity index (χ4v) is 3.53. The Morgan fingerprint density at radius 1 is 0.926 bits per heavy atom. The van der Waals surface area contributed by atoms with Crippen LogP contribution in [-0.4, -0.2) is 46.8 Å². The minimum absolute atomic E-state index is 0.0123. The predicted octanol–water partition coefficient (Wildman–Crippen LogP) is 3.80. The maximum Gasteiger partial charge on any atom is 0.272 e. The van der Waals surface area contributed by atoms with Gasteiger partial charge >= 0.3 is 0 Å². The van der Waals surface area contributed by atoms with Gasteiger partial charge in [0.1, 0.15) is 5.69 Å². The molecule has 0 saturated carbocycles. The lowest BCUT2D eigenvalue weighted by molar-refractivity contribution is 0.0737. The monoisotopic (exact) mass is 380 g/mol. The predicted molar refractivity (Wildman–Crippen MR) is 108 cm³/mol. The number of nitrogens with zero attached hydrogens (tertiary/aromatic N) is 4. The number of para-hydroxylation sites is 1. The van der Waals surface area contributed by atoms with Gasteiger partial charge in [-0.15, -0.1) is 0 Å². The van der Waals surface area contributed by atoms with Gasteiger partial charge in [0, 0.05) is 36.9 Å². The lowest BCUT2D eigenvalue weighted by Crippen LogP contribution is -2.49. The molecule has 0 radical (unpaired) electrons. The molecule has 1 aliphatic heterocycles. The molecule has 2 heterocycles. The summed E-state index contributed by atoms with van der Waals surface area (Å²) in [6.45, 7) is 4.93. The highest BCUT2D eigenvalue weighted by atomic mass is 35.5. The van der Waals surface area contributed by atoms with E-state index in [0.717, 1.165) is 24.5 Å². The van der Waals surface area contributed by atoms with Crippen LogP contribution in [0.3, 0.4) is 0 Å². The first-order valence-corrected chi connectivity index (χ1v) is 9.41. The van der Waals surface area contributed by atoms with Gasteiger partial charge in [0.15, 0.2) is 0 Å². The number of aryl methyl sites for hydroxylation is 1. The van der Waals surface area contributed by atoms with Crippen LogP contribution in [0.5, 0.6) is 0 Å². The summed E-state index contributed by atoms with van der Waals surface area (Å²) in [5, 5.41) is 5.16. The lowest BCUT2D eigenvalue weighted by Gasteiger charge is -2.36. The van der Waals surface area contributed by atoms with Crippen molar-refractivity contribution in [3.05, 3.63) is 77.1 Å². The molecular weight excluding hydrogens is 360 g/mol. The molecule has 1 fully saturated rings. The first-order chi connectivity index (χ1) is 13.1. The van der Waals surface area contributed by atoms with Crippen LogP contribution < -0.4 is 4.90 Å². The van der Waals surface area contributed by atoms with Crippen molar-refractivity contribution in [1.29, 1.82) is 0 Å². The molecule has 138 valence electrons. The number of rotatable bonds is 3. The zero-order chi connectivity index (χ0) is 18.8. The Labute approximate surface area is 163 Å². The number of hydrogen-bond donors (Lipinski definition) is 0. The minimum Gasteiger partial charge on any atom is -0.368 e. The zero-order valence-electron chi connectivity index (χ0n) is 15.2. The number of aromatic nitrogens is 2. The van der Waals surface area contributed by atoms with Gasteiger partial charge in [0.2, 0.25) is 0 Å². The number of halogens is 1. The molecule has 1 saturated heterocycles. The molecule has 1 aromatic heterocycles. The standard InChI is InChI=1S/C21H21ClN4O/c1-16-15-20(26(23-16)19-9-7-17(22)8-10-19)21(27)25-13-11-24(12-14-25)18-5-3-2-4-6-18/h2-10,15H,11-14H2,1H3. The summed E-state index contributed by atoms with van der Waals surface area (Å²) in [6.07, 6.45) is 0. The summed E-state index contributed by atoms with van der Waals surface area (Å²) in [6, 6.07) is 19.5. The van der Waals surface area contributed by atoms with Crippen molar-refractivity contribution in [1.82, 2.24) is 14.7 Å². The van der Waals surface area contributed by atoms with E-state index >= 15 is 0 Å². The number of carbonyl (C=O) groups excluding carboxylic acids is 1. The lowest BCUT2D eigenvalue weighted by atomic mass is 10.2. The van der Waals surface area contributed by atoms with Crippen LogP contribution in [0.1, 0.15) is 16.2 Å². The second-order valence-electron chi connectivity index (χ2n) is 6.67. The molecule has 0 aliphatic carbocycles. The van der Waals surface area contributed by atoms with Crippen LogP contribution >= 0.6 is 11.6 Å². The molecule has 0 N–H and O–H groups in total. The van der Waals surface area contributed by atoms with Crippen molar-refractivity contribution < 1.29 is 4.79 Å². The topological polar surface area (TPSA) is 41.4 Å². The number of hydrogen-bond acceptors (Lipinski definition) is 3. The smallest absolute Gasteiger partial charge is 0.272 e. The maximum atomic E-state index is 13.1. The Balaban J connectivity index is 1.52. The minimum atomic E-state index is 0.0123. The van der Waals surface area contributed by atoms with E-state index in [1.165, 1.54) is 5.69 Å². The summed E-state index contributed by atoms with van der Waals surface area (Å²) >= 11 is 5.98. The number of benzene rings is 2. The fourth-order valence-electron chi connectivity index (χ4n) is 3.40. The average molecular weight is 381 g/mol. The highest BCUT2D eigenvalue weighted by molar-refractivity contribution is 6.30. The van der Waals surface area contributed by atoms with Gasteiger partial charge in [-0.3, -0.25) is 4.79 Å². The van der Waals surface area contributed by atoms with Crippen molar-refractivity contribution in [3.63, 3.8) is 0 Å². The van der Waals surface area contributed by atoms with Gasteiger partial charge in [-0.2, -0.15) is 5.10 Å². The Bertz CT molecular complexity index is 929. The maximum absolute atomic E-state index is 13.1. The van der Waals surface area contributed by atoms with Gasteiger partial charge in [-0.05, 0) is 49.4 Å². The highest BCUT2D eigenvalue weighted by Gasteiger charge is 2.25. The Kier molecular flexibility index (Phi) is 4.86. The van der Waals surface area contributed by atoms with Gasteiger partial charge in [0.25, 0.3) is 5.91 Å². The normalized spacial score (nSPS) is 14.4. The molecule has 1 amide bonds. The number of anilines is 1. The number of amides is 1. The molecule has 27 heavy (non-hydrogen) atoms. The van der Waals surface area contributed by atoms with Crippen LogP contribution in [-0.2, 0) is 0 Å². The molecular formula is C21H21ClN4O. The largest absolute Gasteiger partial charge is 0.368 e. The third-order valence-electron chi connectivity index (χ3n) is 4.81. The third kappa shape index (κ3) is 3.69. The SMILES string of the molecule is Cc1cc(C(=O)N2CCN(c3ccccc3)CC2)n(-c2ccc(Cl)cc2)n1. The molecule has 0 unspecified atom stereocenters. The molecule has 0 atom stereocenters. The van der Waals surface area contributed by atoms with Gasteiger partial charge in [0.05, 0.1) is 11.4 Å². The van der Waals surface area contributed by atoms with Crippen LogP contribution in [0.2, 0.25) is 5.02 Å². The van der Waals surface area contributed by atoms with Crippen molar-refractivity contribution in [2.45, 2.75) is 6.92 Å². The van der Waals surface area contributed by atoms with Crippen LogP contribution in [0.4, 0.5) is 5.69 Å². The van der Waals surface area contributed by atoms with Crippen molar-refractivity contribution in [3.8, 4) is 5.69 Å². The van der Waals surface area contributed by atoms with E-state index < -0.39 is 0 Å². The zero-order valence-corrected chi connectivity index (χ0v) is 15.9. The van der Waals surface area contributed by atoms with E-state index in [2.05, 4.69) is 22.1 Å². The van der Waals surface area contributed by atoms with E-state index in [-0.39, 0.29) is 5.91 Å². The molecule has 3 aromatic rings. The Morgan fingerprint density at radius 2 is 1.59 bits per heavy atom. The summed E-state index contributed by atoms with van der Waals surface area (Å²) < 4.78 is 1.71. The van der Waals surface area contributed by atoms with E-state index in [4.69, 9.17) is 11.6 Å². The summed E-state index contributed by atoms with van der Waals surface area (Å²) in [5.74, 6) is 0.0123. The molecule has 1 aliphatic rings. The van der Waals surface area contributed by atoms with Crippen LogP contribution in [0, 0.1) is 6.92 Å². The fraction of sp³-hybridized carbons (Fsp3) is 0.238. The highest BCUT2D eigenvalue weighted by Crippen LogP contribution is 2.20. The van der Waals surface area contributed by atoms with Gasteiger partial charge in [-0.25, -0.2) is 4.68 Å². The number of piperazine rings is 1. The van der Waals surface area contributed by atoms with E-state index in [0.29, 0.717) is 23.8 Å². The van der Waals surface area contributed by atoms with Crippen LogP contribution in [0.15, 0.2) is 60.7 Å². The number of carbonyl (C=O) groups is 1. The van der Waals surface area contributed by atoms with Crippen LogP contribution in [0.25, 0.3) is 5.69 Å². The summed E-state index contributed by atoms with van der Waals surface area (Å²) in [7, 11) is 0. The summed E-state index contributed by atoms with van der Waals surface area (Å²) in [5.41, 5.74) is 3.43. The Morgan fingerprint density at radius 3 is 2.26 bits per heavy atom. The van der Waals surface area contributed by atoms with Crippen molar-refractivity contribution >= 4 is 23.2 Å². The Hall–Kier alpha value is -2.79. The quantitative estimate of drug-likeness (QED) is 0.694. The molecule has 0 spiro atoms. The molecule has 5 nitrogen and oxygen atoms in total. The first kappa shape index (κ1) is 17.6. The summed E-state index contributed by atoms with van der Waals surface area (Å²) in [4.78, 5) is 17.4. The van der Waals surface area contributed by atoms with E-state index in [1.54, 1.807) is 16.8 Å². The second-order valence-corrected chi connectivity index (χ2v) is 7.11. The van der Waals surface area contributed by atoms with Crippen molar-refractivity contribution in [2.75, 3.05) is 31.1 Å². The van der Waals surface area contributed by atoms with Gasteiger partial charge in [-0.1, -0.05) is 29.8 Å². The molecule has 6 heteroatoms. The van der Waals surface area contributed by atoms with Crippen molar-refractivity contribution in [2.24, 2.45) is 0 Å². The molecule has 2 aromatic carbocycles.